The van der Waals surface area contributed by atoms with E-state index in [0.717, 1.165) is 56.4 Å². The fourth-order valence-corrected chi connectivity index (χ4v) is 5.20. The van der Waals surface area contributed by atoms with Gasteiger partial charge in [-0.2, -0.15) is 13.2 Å². The molecule has 0 atom stereocenters. The molecular formula is C29H35F3N2O4. The predicted octanol–water partition coefficient (Wildman–Crippen LogP) is 5.39. The minimum Gasteiger partial charge on any atom is -0.493 e. The summed E-state index contributed by atoms with van der Waals surface area (Å²) in [5.41, 5.74) is 0.285. The zero-order chi connectivity index (χ0) is 27.0. The summed E-state index contributed by atoms with van der Waals surface area (Å²) >= 11 is 0. The van der Waals surface area contributed by atoms with Crippen LogP contribution in [0.25, 0.3) is 0 Å². The molecule has 0 bridgehead atoms. The summed E-state index contributed by atoms with van der Waals surface area (Å²) in [6.07, 6.45) is 1.94. The molecular weight excluding hydrogens is 497 g/mol. The van der Waals surface area contributed by atoms with E-state index in [1.54, 1.807) is 4.90 Å². The number of ether oxygens (including phenoxy) is 2. The number of para-hydroxylation sites is 1. The van der Waals surface area contributed by atoms with Gasteiger partial charge in [-0.25, -0.2) is 0 Å². The third-order valence-corrected chi connectivity index (χ3v) is 7.54. The summed E-state index contributed by atoms with van der Waals surface area (Å²) in [6.45, 7) is 1.81. The van der Waals surface area contributed by atoms with E-state index in [2.05, 4.69) is 11.4 Å². The Balaban J connectivity index is 1.32. The zero-order valence-corrected chi connectivity index (χ0v) is 21.5. The molecule has 38 heavy (non-hydrogen) atoms. The van der Waals surface area contributed by atoms with Crippen LogP contribution in [0.15, 0.2) is 48.5 Å². The SMILES string of the molecule is O=C1CCCOc2ccccc2CCCCC2(CCN(C(=O)COc3cccc(C(F)(F)F)c3)CC2)CN1. The second kappa shape index (κ2) is 12.5. The van der Waals surface area contributed by atoms with Gasteiger partial charge in [-0.3, -0.25) is 9.59 Å². The summed E-state index contributed by atoms with van der Waals surface area (Å²) in [5, 5.41) is 3.11. The van der Waals surface area contributed by atoms with E-state index >= 15 is 0 Å². The van der Waals surface area contributed by atoms with E-state index in [1.807, 2.05) is 18.2 Å². The number of hydrogen-bond donors (Lipinski definition) is 1. The number of carbonyl (C=O) groups is 2. The highest BCUT2D eigenvalue weighted by atomic mass is 19.4. The fraction of sp³-hybridized carbons (Fsp3) is 0.517. The molecule has 1 fully saturated rings. The third-order valence-electron chi connectivity index (χ3n) is 7.54. The smallest absolute Gasteiger partial charge is 0.416 e. The molecule has 2 aromatic carbocycles. The normalized spacial score (nSPS) is 19.0. The molecule has 0 aliphatic carbocycles. The van der Waals surface area contributed by atoms with E-state index in [-0.39, 0.29) is 29.6 Å². The van der Waals surface area contributed by atoms with Crippen molar-refractivity contribution in [1.29, 1.82) is 0 Å². The van der Waals surface area contributed by atoms with Crippen LogP contribution in [0.2, 0.25) is 0 Å². The maximum Gasteiger partial charge on any atom is 0.416 e. The Hall–Kier alpha value is -3.23. The molecule has 2 aliphatic rings. The number of aryl methyl sites for hydroxylation is 1. The lowest BCUT2D eigenvalue weighted by Crippen LogP contribution is -2.49. The highest BCUT2D eigenvalue weighted by Gasteiger charge is 2.36. The number of alkyl halides is 3. The standard InChI is InChI=1S/C29H35F3N2O4/c30-29(31,32)23-9-5-10-24(19-23)38-20-27(36)34-16-14-28(15-17-34)13-4-3-8-22-7-1-2-11-25(22)37-18-6-12-26(35)33-21-28/h1-2,5,7,9-11,19H,3-4,6,8,12-18,20-21H2,(H,33,35). The molecule has 2 amide bonds. The Morgan fingerprint density at radius 1 is 1.00 bits per heavy atom. The number of benzene rings is 2. The first-order chi connectivity index (χ1) is 18.2. The van der Waals surface area contributed by atoms with Gasteiger partial charge in [-0.15, -0.1) is 0 Å². The monoisotopic (exact) mass is 532 g/mol. The number of nitrogens with one attached hydrogen (secondary N) is 1. The Kier molecular flexibility index (Phi) is 9.17. The molecule has 1 spiro atoms. The van der Waals surface area contributed by atoms with Crippen LogP contribution in [0.3, 0.4) is 0 Å². The number of carbonyl (C=O) groups excluding carboxylic acids is 2. The Bertz CT molecular complexity index is 1100. The lowest BCUT2D eigenvalue weighted by Gasteiger charge is -2.42. The quantitative estimate of drug-likeness (QED) is 0.575. The molecule has 6 nitrogen and oxygen atoms in total. The van der Waals surface area contributed by atoms with E-state index in [0.29, 0.717) is 39.1 Å². The van der Waals surface area contributed by atoms with Crippen LogP contribution in [0, 0.1) is 5.41 Å². The van der Waals surface area contributed by atoms with Crippen molar-refractivity contribution < 1.29 is 32.2 Å². The Labute approximate surface area is 221 Å². The first-order valence-corrected chi connectivity index (χ1v) is 13.3. The van der Waals surface area contributed by atoms with Crippen molar-refractivity contribution in [3.63, 3.8) is 0 Å². The highest BCUT2D eigenvalue weighted by molar-refractivity contribution is 5.78. The number of fused-ring (bicyclic) bond motifs is 1. The molecule has 2 aliphatic heterocycles. The highest BCUT2D eigenvalue weighted by Crippen LogP contribution is 2.37. The van der Waals surface area contributed by atoms with Gasteiger partial charge < -0.3 is 19.7 Å². The van der Waals surface area contributed by atoms with Gasteiger partial charge in [0.2, 0.25) is 5.91 Å². The molecule has 0 unspecified atom stereocenters. The molecule has 1 saturated heterocycles. The van der Waals surface area contributed by atoms with E-state index in [9.17, 15) is 22.8 Å². The predicted molar refractivity (Wildman–Crippen MR) is 137 cm³/mol. The van der Waals surface area contributed by atoms with Gasteiger partial charge in [0.1, 0.15) is 11.5 Å². The number of halogens is 3. The van der Waals surface area contributed by atoms with E-state index < -0.39 is 11.7 Å². The average Bonchev–Trinajstić information content (AvgIpc) is 2.91. The molecule has 1 N–H and O–H groups in total. The summed E-state index contributed by atoms with van der Waals surface area (Å²) in [6, 6.07) is 12.6. The lowest BCUT2D eigenvalue weighted by atomic mass is 9.74. The number of likely N-dealkylation sites (tertiary alicyclic amines) is 1. The average molecular weight is 533 g/mol. The number of piperidine rings is 1. The van der Waals surface area contributed by atoms with Gasteiger partial charge in [-0.1, -0.05) is 30.7 Å². The van der Waals surface area contributed by atoms with Crippen LogP contribution in [-0.2, 0) is 22.2 Å². The van der Waals surface area contributed by atoms with Gasteiger partial charge in [-0.05, 0) is 73.8 Å². The van der Waals surface area contributed by atoms with Crippen molar-refractivity contribution in [2.45, 2.75) is 57.5 Å². The van der Waals surface area contributed by atoms with Crippen molar-refractivity contribution in [3.8, 4) is 11.5 Å². The van der Waals surface area contributed by atoms with Crippen molar-refractivity contribution >= 4 is 11.8 Å². The minimum atomic E-state index is -4.47. The van der Waals surface area contributed by atoms with Crippen molar-refractivity contribution in [2.75, 3.05) is 32.8 Å². The van der Waals surface area contributed by atoms with Gasteiger partial charge in [0, 0.05) is 26.1 Å². The third kappa shape index (κ3) is 7.65. The minimum absolute atomic E-state index is 0.00585. The van der Waals surface area contributed by atoms with Crippen LogP contribution in [0.1, 0.15) is 56.1 Å². The van der Waals surface area contributed by atoms with Crippen molar-refractivity contribution in [3.05, 3.63) is 59.7 Å². The Morgan fingerprint density at radius 3 is 2.58 bits per heavy atom. The molecule has 0 radical (unpaired) electrons. The molecule has 9 heteroatoms. The maximum absolute atomic E-state index is 12.9. The summed E-state index contributed by atoms with van der Waals surface area (Å²) < 4.78 is 50.1. The fourth-order valence-electron chi connectivity index (χ4n) is 5.20. The van der Waals surface area contributed by atoms with Crippen molar-refractivity contribution in [2.24, 2.45) is 5.41 Å². The van der Waals surface area contributed by atoms with Crippen LogP contribution >= 0.6 is 0 Å². The largest absolute Gasteiger partial charge is 0.493 e. The van der Waals surface area contributed by atoms with Gasteiger partial charge >= 0.3 is 6.18 Å². The number of hydrogen-bond acceptors (Lipinski definition) is 4. The molecule has 2 aromatic rings. The molecule has 0 aromatic heterocycles. The number of nitrogens with zero attached hydrogens (tertiary/aromatic N) is 1. The Morgan fingerprint density at radius 2 is 1.79 bits per heavy atom. The summed E-state index contributed by atoms with van der Waals surface area (Å²) in [4.78, 5) is 27.0. The van der Waals surface area contributed by atoms with Crippen molar-refractivity contribution in [1.82, 2.24) is 10.2 Å². The molecule has 206 valence electrons. The zero-order valence-electron chi connectivity index (χ0n) is 21.5. The van der Waals surface area contributed by atoms with Crippen LogP contribution in [-0.4, -0.2) is 49.6 Å². The van der Waals surface area contributed by atoms with Gasteiger partial charge in [0.25, 0.3) is 5.91 Å². The van der Waals surface area contributed by atoms with E-state index in [4.69, 9.17) is 9.47 Å². The molecule has 0 saturated carbocycles. The summed E-state index contributed by atoms with van der Waals surface area (Å²) in [5.74, 6) is 0.659. The van der Waals surface area contributed by atoms with Crippen LogP contribution < -0.4 is 14.8 Å². The second-order valence-electron chi connectivity index (χ2n) is 10.2. The molecule has 2 heterocycles. The topological polar surface area (TPSA) is 67.9 Å². The van der Waals surface area contributed by atoms with Crippen LogP contribution in [0.5, 0.6) is 11.5 Å². The number of amides is 2. The summed E-state index contributed by atoms with van der Waals surface area (Å²) in [7, 11) is 0. The lowest BCUT2D eigenvalue weighted by molar-refractivity contribution is -0.137. The van der Waals surface area contributed by atoms with Gasteiger partial charge in [0.15, 0.2) is 6.61 Å². The maximum atomic E-state index is 12.9. The van der Waals surface area contributed by atoms with Crippen LogP contribution in [0.4, 0.5) is 13.2 Å². The van der Waals surface area contributed by atoms with E-state index in [1.165, 1.54) is 17.7 Å². The molecule has 4 rings (SSSR count). The first kappa shape index (κ1) is 27.8. The first-order valence-electron chi connectivity index (χ1n) is 13.3. The second-order valence-corrected chi connectivity index (χ2v) is 10.2. The number of rotatable bonds is 3. The van der Waals surface area contributed by atoms with Gasteiger partial charge in [0.05, 0.1) is 12.2 Å².